The molecule has 72 valence electrons. The van der Waals surface area contributed by atoms with Crippen LogP contribution in [0.15, 0.2) is 29.2 Å². The van der Waals surface area contributed by atoms with Crippen molar-refractivity contribution in [2.75, 3.05) is 11.9 Å². The summed E-state index contributed by atoms with van der Waals surface area (Å²) in [7, 11) is 0. The topological polar surface area (TPSA) is 46.5 Å². The minimum Gasteiger partial charge on any atom is -0.493 e. The maximum absolute atomic E-state index is 10.6. The van der Waals surface area contributed by atoms with Crippen molar-refractivity contribution >= 4 is 27.0 Å². The van der Waals surface area contributed by atoms with Crippen molar-refractivity contribution in [3.05, 3.63) is 24.3 Å². The Labute approximate surface area is 87.5 Å². The molecule has 1 atom stereocenters. The highest BCUT2D eigenvalue weighted by Gasteiger charge is 1.99. The van der Waals surface area contributed by atoms with Gasteiger partial charge in [0, 0.05) is 5.33 Å². The predicted molar refractivity (Wildman–Crippen MR) is 54.8 cm³/mol. The highest BCUT2D eigenvalue weighted by Crippen LogP contribution is 2.13. The highest BCUT2D eigenvalue weighted by atomic mass is 79.9. The van der Waals surface area contributed by atoms with Crippen LogP contribution in [0.1, 0.15) is 0 Å². The van der Waals surface area contributed by atoms with Crippen molar-refractivity contribution in [3.8, 4) is 5.75 Å². The summed E-state index contributed by atoms with van der Waals surface area (Å²) in [5.41, 5.74) is 0. The Kier molecular flexibility index (Phi) is 4.41. The molecule has 1 N–H and O–H groups in total. The van der Waals surface area contributed by atoms with E-state index in [1.54, 1.807) is 24.3 Å². The maximum atomic E-state index is 10.6. The second kappa shape index (κ2) is 5.36. The molecule has 0 bridgehead atoms. The average Bonchev–Trinajstić information content (AvgIpc) is 2.15. The number of rotatable bonds is 4. The molecule has 0 saturated heterocycles. The summed E-state index contributed by atoms with van der Waals surface area (Å²) in [6, 6.07) is 6.48. The van der Waals surface area contributed by atoms with Gasteiger partial charge in [0.1, 0.15) is 5.75 Å². The molecular weight excluding hydrogens is 256 g/mol. The molecule has 0 aliphatic heterocycles. The van der Waals surface area contributed by atoms with Crippen molar-refractivity contribution in [2.24, 2.45) is 0 Å². The SMILES string of the molecule is O=S(O)c1ccc(OCCBr)cc1. The summed E-state index contributed by atoms with van der Waals surface area (Å²) in [6.07, 6.45) is 0. The van der Waals surface area contributed by atoms with Crippen LogP contribution in [-0.2, 0) is 11.1 Å². The standard InChI is InChI=1S/C8H9BrO3S/c9-5-6-12-7-1-3-8(4-2-7)13(10)11/h1-4H,5-6H2,(H,10,11). The fourth-order valence-corrected chi connectivity index (χ4v) is 1.34. The maximum Gasteiger partial charge on any atom is 0.186 e. The predicted octanol–water partition coefficient (Wildman–Crippen LogP) is 2.04. The summed E-state index contributed by atoms with van der Waals surface area (Å²) in [5.74, 6) is 0.702. The number of hydrogen-bond acceptors (Lipinski definition) is 2. The molecule has 1 aromatic carbocycles. The lowest BCUT2D eigenvalue weighted by molar-refractivity contribution is 0.345. The van der Waals surface area contributed by atoms with Crippen LogP contribution >= 0.6 is 15.9 Å². The van der Waals surface area contributed by atoms with Crippen LogP contribution < -0.4 is 4.74 Å². The molecule has 0 radical (unpaired) electrons. The van der Waals surface area contributed by atoms with Gasteiger partial charge in [0.05, 0.1) is 11.5 Å². The van der Waals surface area contributed by atoms with E-state index in [1.807, 2.05) is 0 Å². The van der Waals surface area contributed by atoms with E-state index in [0.717, 1.165) is 5.33 Å². The van der Waals surface area contributed by atoms with Gasteiger partial charge >= 0.3 is 0 Å². The zero-order chi connectivity index (χ0) is 9.68. The Morgan fingerprint density at radius 3 is 2.46 bits per heavy atom. The van der Waals surface area contributed by atoms with Crippen LogP contribution in [0.25, 0.3) is 0 Å². The fraction of sp³-hybridized carbons (Fsp3) is 0.250. The number of halogens is 1. The molecule has 0 saturated carbocycles. The van der Waals surface area contributed by atoms with Gasteiger partial charge in [-0.15, -0.1) is 0 Å². The molecule has 0 spiro atoms. The number of ether oxygens (including phenoxy) is 1. The van der Waals surface area contributed by atoms with Crippen LogP contribution in [0.2, 0.25) is 0 Å². The van der Waals surface area contributed by atoms with Crippen molar-refractivity contribution in [1.29, 1.82) is 0 Å². The van der Waals surface area contributed by atoms with Crippen LogP contribution in [0.4, 0.5) is 0 Å². The molecule has 0 aliphatic rings. The minimum atomic E-state index is -1.91. The molecule has 3 nitrogen and oxygen atoms in total. The number of hydrogen-bond donors (Lipinski definition) is 1. The van der Waals surface area contributed by atoms with Crippen LogP contribution in [0.5, 0.6) is 5.75 Å². The molecule has 0 amide bonds. The lowest BCUT2D eigenvalue weighted by Gasteiger charge is -2.03. The largest absolute Gasteiger partial charge is 0.493 e. The first-order chi connectivity index (χ1) is 6.24. The van der Waals surface area contributed by atoms with Gasteiger partial charge in [-0.3, -0.25) is 0 Å². The third-order valence-corrected chi connectivity index (χ3v) is 2.37. The molecule has 1 aromatic rings. The van der Waals surface area contributed by atoms with Gasteiger partial charge in [-0.1, -0.05) is 15.9 Å². The molecule has 0 aliphatic carbocycles. The lowest BCUT2D eigenvalue weighted by Crippen LogP contribution is -1.97. The molecule has 1 rings (SSSR count). The van der Waals surface area contributed by atoms with Crippen LogP contribution in [0.3, 0.4) is 0 Å². The monoisotopic (exact) mass is 264 g/mol. The van der Waals surface area contributed by atoms with Crippen LogP contribution in [-0.4, -0.2) is 20.7 Å². The summed E-state index contributed by atoms with van der Waals surface area (Å²) in [4.78, 5) is 0.381. The van der Waals surface area contributed by atoms with Gasteiger partial charge < -0.3 is 9.29 Å². The molecule has 0 heterocycles. The van der Waals surface area contributed by atoms with Gasteiger partial charge in [0.25, 0.3) is 0 Å². The first kappa shape index (κ1) is 10.7. The zero-order valence-electron chi connectivity index (χ0n) is 6.77. The highest BCUT2D eigenvalue weighted by molar-refractivity contribution is 9.09. The average molecular weight is 265 g/mol. The second-order valence-electron chi connectivity index (χ2n) is 2.26. The molecular formula is C8H9BrO3S. The molecule has 0 fully saturated rings. The van der Waals surface area contributed by atoms with E-state index in [-0.39, 0.29) is 0 Å². The van der Waals surface area contributed by atoms with Crippen molar-refractivity contribution in [1.82, 2.24) is 0 Å². The third-order valence-electron chi connectivity index (χ3n) is 1.37. The van der Waals surface area contributed by atoms with Gasteiger partial charge in [-0.05, 0) is 24.3 Å². The summed E-state index contributed by atoms with van der Waals surface area (Å²) >= 11 is 1.32. The number of benzene rings is 1. The summed E-state index contributed by atoms with van der Waals surface area (Å²) < 4.78 is 24.6. The fourth-order valence-electron chi connectivity index (χ4n) is 0.809. The summed E-state index contributed by atoms with van der Waals surface area (Å²) in [5, 5.41) is 0.765. The Hall–Kier alpha value is -0.390. The van der Waals surface area contributed by atoms with Crippen LogP contribution in [0, 0.1) is 0 Å². The van der Waals surface area contributed by atoms with Crippen molar-refractivity contribution in [3.63, 3.8) is 0 Å². The Morgan fingerprint density at radius 2 is 2.00 bits per heavy atom. The van der Waals surface area contributed by atoms with Gasteiger partial charge in [0.15, 0.2) is 11.1 Å². The van der Waals surface area contributed by atoms with Gasteiger partial charge in [-0.25, -0.2) is 4.21 Å². The molecule has 0 aromatic heterocycles. The first-order valence-electron chi connectivity index (χ1n) is 3.63. The quantitative estimate of drug-likeness (QED) is 0.669. The Balaban J connectivity index is 2.64. The van der Waals surface area contributed by atoms with E-state index in [0.29, 0.717) is 17.3 Å². The first-order valence-corrected chi connectivity index (χ1v) is 5.86. The second-order valence-corrected chi connectivity index (χ2v) is 4.02. The van der Waals surface area contributed by atoms with Crippen molar-refractivity contribution < 1.29 is 13.5 Å². The smallest absolute Gasteiger partial charge is 0.186 e. The van der Waals surface area contributed by atoms with E-state index in [2.05, 4.69) is 15.9 Å². The van der Waals surface area contributed by atoms with E-state index < -0.39 is 11.1 Å². The Bertz CT molecular complexity index is 286. The van der Waals surface area contributed by atoms with E-state index in [9.17, 15) is 4.21 Å². The van der Waals surface area contributed by atoms with Gasteiger partial charge in [-0.2, -0.15) is 0 Å². The normalized spacial score (nSPS) is 12.5. The minimum absolute atomic E-state index is 0.381. The van der Waals surface area contributed by atoms with E-state index >= 15 is 0 Å². The Morgan fingerprint density at radius 1 is 1.38 bits per heavy atom. The third kappa shape index (κ3) is 3.46. The van der Waals surface area contributed by atoms with Gasteiger partial charge in [0.2, 0.25) is 0 Å². The zero-order valence-corrected chi connectivity index (χ0v) is 9.18. The van der Waals surface area contributed by atoms with Crippen molar-refractivity contribution in [2.45, 2.75) is 4.90 Å². The van der Waals surface area contributed by atoms with E-state index in [4.69, 9.17) is 9.29 Å². The lowest BCUT2D eigenvalue weighted by atomic mass is 10.3. The molecule has 13 heavy (non-hydrogen) atoms. The number of alkyl halides is 1. The summed E-state index contributed by atoms with van der Waals surface area (Å²) in [6.45, 7) is 0.585. The molecule has 1 unspecified atom stereocenters. The van der Waals surface area contributed by atoms with E-state index in [1.165, 1.54) is 0 Å². The molecule has 5 heteroatoms.